The van der Waals surface area contributed by atoms with Gasteiger partial charge in [0.15, 0.2) is 5.96 Å². The van der Waals surface area contributed by atoms with Gasteiger partial charge in [-0.15, -0.1) is 24.0 Å². The number of hydrogen-bond donors (Lipinski definition) is 2. The molecule has 0 bridgehead atoms. The first-order valence-electron chi connectivity index (χ1n) is 7.83. The molecule has 2 N–H and O–H groups in total. The summed E-state index contributed by atoms with van der Waals surface area (Å²) in [6, 6.07) is 6.15. The number of nitrogens with zero attached hydrogens (tertiary/aromatic N) is 2. The molecule has 1 amide bonds. The molecule has 0 aliphatic carbocycles. The molecule has 0 heterocycles. The van der Waals surface area contributed by atoms with E-state index in [1.54, 1.807) is 19.0 Å². The van der Waals surface area contributed by atoms with Gasteiger partial charge in [0.2, 0.25) is 5.91 Å². The summed E-state index contributed by atoms with van der Waals surface area (Å²) < 4.78 is 0. The number of benzene rings is 1. The topological polar surface area (TPSA) is 56.7 Å². The van der Waals surface area contributed by atoms with Gasteiger partial charge in [0.1, 0.15) is 0 Å². The van der Waals surface area contributed by atoms with Crippen LogP contribution in [-0.2, 0) is 11.3 Å². The lowest BCUT2D eigenvalue weighted by molar-refractivity contribution is -0.127. The minimum Gasteiger partial charge on any atom is -0.354 e. The Morgan fingerprint density at radius 2 is 2.04 bits per heavy atom. The smallest absolute Gasteiger partial charge is 0.241 e. The molecule has 136 valence electrons. The van der Waals surface area contributed by atoms with Gasteiger partial charge in [0.25, 0.3) is 0 Å². The second-order valence-corrected chi connectivity index (χ2v) is 6.25. The number of halogens is 2. The highest BCUT2D eigenvalue weighted by molar-refractivity contribution is 14.0. The first-order chi connectivity index (χ1) is 10.8. The van der Waals surface area contributed by atoms with Gasteiger partial charge in [0.05, 0.1) is 13.1 Å². The van der Waals surface area contributed by atoms with Crippen molar-refractivity contribution in [3.05, 3.63) is 34.3 Å². The molecule has 0 saturated carbocycles. The van der Waals surface area contributed by atoms with Crippen molar-refractivity contribution in [1.82, 2.24) is 15.5 Å². The Balaban J connectivity index is 0.00000529. The lowest BCUT2D eigenvalue weighted by Crippen LogP contribution is -2.45. The highest BCUT2D eigenvalue weighted by Gasteiger charge is 2.08. The normalized spacial score (nSPS) is 12.2. The fourth-order valence-corrected chi connectivity index (χ4v) is 1.90. The molecule has 0 radical (unpaired) electrons. The highest BCUT2D eigenvalue weighted by Crippen LogP contribution is 2.16. The molecule has 0 aliphatic rings. The zero-order chi connectivity index (χ0) is 17.4. The van der Waals surface area contributed by atoms with Crippen molar-refractivity contribution in [3.8, 4) is 0 Å². The molecule has 1 rings (SSSR count). The molecule has 0 aliphatic heterocycles. The predicted molar refractivity (Wildman–Crippen MR) is 112 cm³/mol. The third kappa shape index (κ3) is 8.19. The van der Waals surface area contributed by atoms with Crippen LogP contribution >= 0.6 is 35.6 Å². The second-order valence-electron chi connectivity index (χ2n) is 5.84. The summed E-state index contributed by atoms with van der Waals surface area (Å²) in [5.74, 6) is 0.646. The minimum atomic E-state index is 0. The fraction of sp³-hybridized carbons (Fsp3) is 0.529. The zero-order valence-corrected chi connectivity index (χ0v) is 18.1. The van der Waals surface area contributed by atoms with E-state index in [0.717, 1.165) is 22.6 Å². The summed E-state index contributed by atoms with van der Waals surface area (Å²) >= 11 is 6.04. The van der Waals surface area contributed by atoms with Crippen LogP contribution < -0.4 is 10.6 Å². The van der Waals surface area contributed by atoms with E-state index in [4.69, 9.17) is 11.6 Å². The van der Waals surface area contributed by atoms with Gasteiger partial charge in [-0.25, -0.2) is 4.99 Å². The quantitative estimate of drug-likeness (QED) is 0.385. The van der Waals surface area contributed by atoms with E-state index < -0.39 is 0 Å². The monoisotopic (exact) mass is 466 g/mol. The number of aliphatic imine (C=N–C) groups is 1. The largest absolute Gasteiger partial charge is 0.354 e. The Morgan fingerprint density at radius 1 is 1.38 bits per heavy atom. The van der Waals surface area contributed by atoms with E-state index in [-0.39, 0.29) is 42.5 Å². The molecule has 1 unspecified atom stereocenters. The summed E-state index contributed by atoms with van der Waals surface area (Å²) in [7, 11) is 3.47. The van der Waals surface area contributed by atoms with Crippen molar-refractivity contribution >= 4 is 47.4 Å². The highest BCUT2D eigenvalue weighted by atomic mass is 127. The molecule has 7 heteroatoms. The first-order valence-corrected chi connectivity index (χ1v) is 8.21. The Labute approximate surface area is 167 Å². The van der Waals surface area contributed by atoms with Gasteiger partial charge in [-0.1, -0.05) is 30.7 Å². The molecule has 0 aromatic heterocycles. The van der Waals surface area contributed by atoms with E-state index in [1.807, 2.05) is 25.1 Å². The summed E-state index contributed by atoms with van der Waals surface area (Å²) in [6.45, 7) is 6.90. The van der Waals surface area contributed by atoms with Crippen LogP contribution in [0.25, 0.3) is 0 Å². The molecule has 1 atom stereocenters. The second kappa shape index (κ2) is 11.5. The number of nitrogens with one attached hydrogen (secondary N) is 2. The first kappa shape index (κ1) is 23.0. The summed E-state index contributed by atoms with van der Waals surface area (Å²) in [4.78, 5) is 17.8. The SMILES string of the molecule is CCC(C)NC(=NCc1ccc(Cl)c(C)c1)NCC(=O)N(C)C.I. The van der Waals surface area contributed by atoms with Crippen molar-refractivity contribution in [1.29, 1.82) is 0 Å². The molecule has 1 aromatic rings. The fourth-order valence-electron chi connectivity index (χ4n) is 1.78. The zero-order valence-electron chi connectivity index (χ0n) is 15.0. The summed E-state index contributed by atoms with van der Waals surface area (Å²) in [5.41, 5.74) is 2.11. The molecular formula is C17H28ClIN4O. The summed E-state index contributed by atoms with van der Waals surface area (Å²) in [6.07, 6.45) is 0.975. The van der Waals surface area contributed by atoms with Gasteiger partial charge in [-0.3, -0.25) is 4.79 Å². The maximum atomic E-state index is 11.7. The van der Waals surface area contributed by atoms with Crippen molar-refractivity contribution < 1.29 is 4.79 Å². The van der Waals surface area contributed by atoms with E-state index in [9.17, 15) is 4.79 Å². The van der Waals surface area contributed by atoms with Crippen molar-refractivity contribution in [2.24, 2.45) is 4.99 Å². The molecule has 0 saturated heterocycles. The number of amides is 1. The number of guanidine groups is 1. The van der Waals surface area contributed by atoms with Crippen molar-refractivity contribution in [3.63, 3.8) is 0 Å². The number of likely N-dealkylation sites (N-methyl/N-ethyl adjacent to an activating group) is 1. The van der Waals surface area contributed by atoms with Crippen LogP contribution in [0, 0.1) is 6.92 Å². The number of hydrogen-bond acceptors (Lipinski definition) is 2. The van der Waals surface area contributed by atoms with Crippen LogP contribution in [-0.4, -0.2) is 43.4 Å². The lowest BCUT2D eigenvalue weighted by Gasteiger charge is -2.18. The van der Waals surface area contributed by atoms with Crippen LogP contribution in [0.5, 0.6) is 0 Å². The Morgan fingerprint density at radius 3 is 2.58 bits per heavy atom. The molecule has 5 nitrogen and oxygen atoms in total. The Bertz CT molecular complexity index is 564. The average Bonchev–Trinajstić information content (AvgIpc) is 2.52. The van der Waals surface area contributed by atoms with Crippen LogP contribution in [0.2, 0.25) is 5.02 Å². The van der Waals surface area contributed by atoms with E-state index in [2.05, 4.69) is 29.5 Å². The Kier molecular flexibility index (Phi) is 11.0. The van der Waals surface area contributed by atoms with Gasteiger partial charge < -0.3 is 15.5 Å². The minimum absolute atomic E-state index is 0. The molecule has 0 spiro atoms. The van der Waals surface area contributed by atoms with Crippen molar-refractivity contribution in [2.45, 2.75) is 39.8 Å². The number of aryl methyl sites for hydroxylation is 1. The summed E-state index contributed by atoms with van der Waals surface area (Å²) in [5, 5.41) is 7.14. The molecule has 0 fully saturated rings. The maximum Gasteiger partial charge on any atom is 0.241 e. The van der Waals surface area contributed by atoms with E-state index in [0.29, 0.717) is 12.5 Å². The molecule has 24 heavy (non-hydrogen) atoms. The third-order valence-electron chi connectivity index (χ3n) is 3.54. The van der Waals surface area contributed by atoms with Crippen LogP contribution in [0.3, 0.4) is 0 Å². The van der Waals surface area contributed by atoms with Crippen molar-refractivity contribution in [2.75, 3.05) is 20.6 Å². The van der Waals surface area contributed by atoms with Gasteiger partial charge >= 0.3 is 0 Å². The number of carbonyl (C=O) groups is 1. The maximum absolute atomic E-state index is 11.7. The van der Waals surface area contributed by atoms with Crippen LogP contribution in [0.4, 0.5) is 0 Å². The average molecular weight is 467 g/mol. The van der Waals surface area contributed by atoms with E-state index >= 15 is 0 Å². The lowest BCUT2D eigenvalue weighted by atomic mass is 10.1. The number of carbonyl (C=O) groups excluding carboxylic acids is 1. The van der Waals surface area contributed by atoms with Crippen LogP contribution in [0.1, 0.15) is 31.4 Å². The van der Waals surface area contributed by atoms with Crippen LogP contribution in [0.15, 0.2) is 23.2 Å². The Hall–Kier alpha value is -1.02. The molecule has 1 aromatic carbocycles. The van der Waals surface area contributed by atoms with Gasteiger partial charge in [-0.05, 0) is 37.5 Å². The third-order valence-corrected chi connectivity index (χ3v) is 3.97. The van der Waals surface area contributed by atoms with E-state index in [1.165, 1.54) is 0 Å². The van der Waals surface area contributed by atoms with Gasteiger partial charge in [0, 0.05) is 25.2 Å². The predicted octanol–water partition coefficient (Wildman–Crippen LogP) is 3.19. The molecular weight excluding hydrogens is 439 g/mol. The number of rotatable bonds is 6. The van der Waals surface area contributed by atoms with Gasteiger partial charge in [-0.2, -0.15) is 0 Å². The standard InChI is InChI=1S/C17H27ClN4O.HI/c1-6-13(3)21-17(20-11-16(23)22(4)5)19-10-14-7-8-15(18)12(2)9-14;/h7-9,13H,6,10-11H2,1-5H3,(H2,19,20,21);1H.